The highest BCUT2D eigenvalue weighted by atomic mass is 35.5. The van der Waals surface area contributed by atoms with E-state index in [1.807, 2.05) is 0 Å². The molecular formula is C12H13ClN2O2. The molecular weight excluding hydrogens is 240 g/mol. The van der Waals surface area contributed by atoms with Crippen molar-refractivity contribution < 1.29 is 9.53 Å². The van der Waals surface area contributed by atoms with Crippen LogP contribution >= 0.6 is 11.6 Å². The Morgan fingerprint density at radius 1 is 1.53 bits per heavy atom. The summed E-state index contributed by atoms with van der Waals surface area (Å²) in [7, 11) is 3.30. The smallest absolute Gasteiger partial charge is 0.178 e. The monoisotopic (exact) mass is 252 g/mol. The highest BCUT2D eigenvalue weighted by Crippen LogP contribution is 2.33. The lowest BCUT2D eigenvalue weighted by Gasteiger charge is -2.05. The van der Waals surface area contributed by atoms with Gasteiger partial charge >= 0.3 is 0 Å². The van der Waals surface area contributed by atoms with E-state index in [1.54, 1.807) is 32.5 Å². The Morgan fingerprint density at radius 3 is 2.94 bits per heavy atom. The van der Waals surface area contributed by atoms with Crippen LogP contribution < -0.4 is 10.1 Å². The van der Waals surface area contributed by atoms with Gasteiger partial charge < -0.3 is 15.0 Å². The maximum Gasteiger partial charge on any atom is 0.178 e. The van der Waals surface area contributed by atoms with E-state index in [-0.39, 0.29) is 12.3 Å². The number of aromatic nitrogens is 1. The maximum absolute atomic E-state index is 11.9. The van der Waals surface area contributed by atoms with Crippen LogP contribution in [-0.4, -0.2) is 31.5 Å². The lowest BCUT2D eigenvalue weighted by molar-refractivity contribution is 0.0995. The van der Waals surface area contributed by atoms with Crippen molar-refractivity contribution >= 4 is 28.3 Å². The molecule has 4 nitrogen and oxygen atoms in total. The van der Waals surface area contributed by atoms with Gasteiger partial charge in [0.2, 0.25) is 0 Å². The van der Waals surface area contributed by atoms with Crippen LogP contribution in [0.3, 0.4) is 0 Å². The molecule has 0 aliphatic carbocycles. The van der Waals surface area contributed by atoms with Gasteiger partial charge in [-0.2, -0.15) is 0 Å². The minimum Gasteiger partial charge on any atom is -0.496 e. The van der Waals surface area contributed by atoms with Crippen LogP contribution in [-0.2, 0) is 0 Å². The Bertz CT molecular complexity index is 563. The highest BCUT2D eigenvalue weighted by molar-refractivity contribution is 6.36. The molecule has 0 bridgehead atoms. The molecule has 0 saturated carbocycles. The largest absolute Gasteiger partial charge is 0.496 e. The molecule has 90 valence electrons. The van der Waals surface area contributed by atoms with Crippen molar-refractivity contribution in [3.05, 3.63) is 28.9 Å². The van der Waals surface area contributed by atoms with E-state index in [0.717, 1.165) is 10.9 Å². The fourth-order valence-corrected chi connectivity index (χ4v) is 2.04. The Balaban J connectivity index is 2.65. The van der Waals surface area contributed by atoms with E-state index in [2.05, 4.69) is 10.3 Å². The number of carbonyl (C=O) groups is 1. The second-order valence-electron chi connectivity index (χ2n) is 3.66. The molecule has 2 rings (SSSR count). The molecule has 0 spiro atoms. The molecule has 2 N–H and O–H groups in total. The number of ether oxygens (including phenoxy) is 1. The van der Waals surface area contributed by atoms with Gasteiger partial charge in [0.15, 0.2) is 5.78 Å². The molecule has 5 heteroatoms. The molecule has 0 unspecified atom stereocenters. The second-order valence-corrected chi connectivity index (χ2v) is 4.06. The zero-order valence-electron chi connectivity index (χ0n) is 9.63. The minimum atomic E-state index is -0.000633. The van der Waals surface area contributed by atoms with E-state index in [4.69, 9.17) is 16.3 Å². The quantitative estimate of drug-likeness (QED) is 0.821. The summed E-state index contributed by atoms with van der Waals surface area (Å²) in [6.07, 6.45) is 1.67. The van der Waals surface area contributed by atoms with Gasteiger partial charge in [0.25, 0.3) is 0 Å². The minimum absolute atomic E-state index is 0.000633. The number of rotatable bonds is 4. The summed E-state index contributed by atoms with van der Waals surface area (Å²) in [5, 5.41) is 4.15. The lowest BCUT2D eigenvalue weighted by Crippen LogP contribution is -2.18. The molecule has 1 aromatic heterocycles. The summed E-state index contributed by atoms with van der Waals surface area (Å²) in [5.41, 5.74) is 1.32. The summed E-state index contributed by atoms with van der Waals surface area (Å²) in [6.45, 7) is 0.280. The molecule has 0 radical (unpaired) electrons. The van der Waals surface area contributed by atoms with Crippen LogP contribution in [0, 0.1) is 0 Å². The van der Waals surface area contributed by atoms with Crippen LogP contribution in [0.15, 0.2) is 18.3 Å². The van der Waals surface area contributed by atoms with Gasteiger partial charge in [0.05, 0.1) is 29.6 Å². The molecule has 0 fully saturated rings. The third-order valence-electron chi connectivity index (χ3n) is 2.60. The number of nitrogens with one attached hydrogen (secondary N) is 2. The van der Waals surface area contributed by atoms with Crippen LogP contribution in [0.25, 0.3) is 10.9 Å². The Kier molecular flexibility index (Phi) is 3.36. The Hall–Kier alpha value is -1.52. The number of hydrogen-bond donors (Lipinski definition) is 2. The number of carbonyl (C=O) groups excluding carboxylic acids is 1. The van der Waals surface area contributed by atoms with E-state index >= 15 is 0 Å². The van der Waals surface area contributed by atoms with Crippen molar-refractivity contribution in [2.75, 3.05) is 20.7 Å². The average Bonchev–Trinajstić information content (AvgIpc) is 2.75. The van der Waals surface area contributed by atoms with Crippen molar-refractivity contribution in [3.8, 4) is 5.75 Å². The first kappa shape index (κ1) is 12.0. The predicted octanol–water partition coefficient (Wildman–Crippen LogP) is 2.23. The SMILES string of the molecule is CNCC(=O)c1c[nH]c2c(Cl)ccc(OC)c12. The average molecular weight is 253 g/mol. The fourth-order valence-electron chi connectivity index (χ4n) is 1.83. The summed E-state index contributed by atoms with van der Waals surface area (Å²) >= 11 is 6.07. The first-order valence-electron chi connectivity index (χ1n) is 5.20. The summed E-state index contributed by atoms with van der Waals surface area (Å²) in [4.78, 5) is 14.9. The molecule has 0 saturated heterocycles. The van der Waals surface area contributed by atoms with Gasteiger partial charge in [0, 0.05) is 11.8 Å². The van der Waals surface area contributed by atoms with Gasteiger partial charge in [-0.25, -0.2) is 0 Å². The number of likely N-dealkylation sites (N-methyl/N-ethyl adjacent to an activating group) is 1. The Morgan fingerprint density at radius 2 is 2.29 bits per heavy atom. The van der Waals surface area contributed by atoms with Crippen LogP contribution in [0.2, 0.25) is 5.02 Å². The van der Waals surface area contributed by atoms with Gasteiger partial charge in [-0.15, -0.1) is 0 Å². The van der Waals surface area contributed by atoms with Gasteiger partial charge in [-0.05, 0) is 19.2 Å². The van der Waals surface area contributed by atoms with Crippen molar-refractivity contribution in [1.82, 2.24) is 10.3 Å². The normalized spacial score (nSPS) is 10.8. The van der Waals surface area contributed by atoms with E-state index < -0.39 is 0 Å². The van der Waals surface area contributed by atoms with Gasteiger partial charge in [-0.1, -0.05) is 11.6 Å². The van der Waals surface area contributed by atoms with Gasteiger partial charge in [-0.3, -0.25) is 4.79 Å². The van der Waals surface area contributed by atoms with Crippen molar-refractivity contribution in [2.24, 2.45) is 0 Å². The van der Waals surface area contributed by atoms with E-state index in [0.29, 0.717) is 16.3 Å². The predicted molar refractivity (Wildman–Crippen MR) is 68.1 cm³/mol. The standard InChI is InChI=1S/C12H13ClN2O2/c1-14-6-9(16)7-5-15-12-8(13)3-4-10(17-2)11(7)12/h3-5,14-15H,6H2,1-2H3. The number of Topliss-reactive ketones (excluding diaryl/α,β-unsaturated/α-hetero) is 1. The van der Waals surface area contributed by atoms with Crippen LogP contribution in [0.5, 0.6) is 5.75 Å². The summed E-state index contributed by atoms with van der Waals surface area (Å²) in [6, 6.07) is 3.50. The third-order valence-corrected chi connectivity index (χ3v) is 2.92. The molecule has 2 aromatic rings. The zero-order valence-corrected chi connectivity index (χ0v) is 10.4. The number of aromatic amines is 1. The molecule has 17 heavy (non-hydrogen) atoms. The highest BCUT2D eigenvalue weighted by Gasteiger charge is 2.16. The molecule has 0 aliphatic rings. The molecule has 0 amide bonds. The van der Waals surface area contributed by atoms with Gasteiger partial charge in [0.1, 0.15) is 5.75 Å². The Labute approximate surface area is 104 Å². The number of benzene rings is 1. The summed E-state index contributed by atoms with van der Waals surface area (Å²) in [5.74, 6) is 0.643. The van der Waals surface area contributed by atoms with Crippen molar-refractivity contribution in [2.45, 2.75) is 0 Å². The second kappa shape index (κ2) is 4.77. The van der Waals surface area contributed by atoms with E-state index in [1.165, 1.54) is 0 Å². The van der Waals surface area contributed by atoms with Crippen molar-refractivity contribution in [3.63, 3.8) is 0 Å². The molecule has 1 heterocycles. The number of hydrogen-bond acceptors (Lipinski definition) is 3. The lowest BCUT2D eigenvalue weighted by atomic mass is 10.1. The first-order chi connectivity index (χ1) is 8.19. The first-order valence-corrected chi connectivity index (χ1v) is 5.58. The van der Waals surface area contributed by atoms with E-state index in [9.17, 15) is 4.79 Å². The zero-order chi connectivity index (χ0) is 12.4. The number of fused-ring (bicyclic) bond motifs is 1. The molecule has 1 aromatic carbocycles. The fraction of sp³-hybridized carbons (Fsp3) is 0.250. The number of methoxy groups -OCH3 is 1. The molecule has 0 atom stereocenters. The van der Waals surface area contributed by atoms with Crippen molar-refractivity contribution in [1.29, 1.82) is 0 Å². The number of halogens is 1. The number of H-pyrrole nitrogens is 1. The number of ketones is 1. The van der Waals surface area contributed by atoms with Crippen LogP contribution in [0.4, 0.5) is 0 Å². The summed E-state index contributed by atoms with van der Waals surface area (Å²) < 4.78 is 5.26. The topological polar surface area (TPSA) is 54.1 Å². The van der Waals surface area contributed by atoms with Crippen LogP contribution in [0.1, 0.15) is 10.4 Å². The maximum atomic E-state index is 11.9. The molecule has 0 aliphatic heterocycles. The third kappa shape index (κ3) is 2.01.